The van der Waals surface area contributed by atoms with E-state index in [0.717, 1.165) is 23.4 Å². The predicted molar refractivity (Wildman–Crippen MR) is 90.9 cm³/mol. The standard InChI is InChI=1S/C17H23N3OS/c1-3-13(2)20(11-14-7-5-4-6-8-14)17(21)15-12-22-16(19-15)9-10-18/h4-8,12-13H,3,9-11,18H2,1-2H3. The fraction of sp³-hybridized carbons (Fsp3) is 0.412. The average Bonchev–Trinajstić information content (AvgIpc) is 3.01. The van der Waals surface area contributed by atoms with Gasteiger partial charge in [-0.15, -0.1) is 11.3 Å². The van der Waals surface area contributed by atoms with Crippen LogP contribution in [0.15, 0.2) is 35.7 Å². The Morgan fingerprint density at radius 3 is 2.73 bits per heavy atom. The van der Waals surface area contributed by atoms with E-state index in [4.69, 9.17) is 5.73 Å². The molecule has 0 aliphatic rings. The van der Waals surface area contributed by atoms with Gasteiger partial charge >= 0.3 is 0 Å². The molecule has 5 heteroatoms. The number of nitrogens with two attached hydrogens (primary N) is 1. The highest BCUT2D eigenvalue weighted by molar-refractivity contribution is 7.09. The van der Waals surface area contributed by atoms with Crippen LogP contribution in [0.4, 0.5) is 0 Å². The first-order valence-electron chi connectivity index (χ1n) is 7.65. The van der Waals surface area contributed by atoms with Crippen molar-refractivity contribution < 1.29 is 4.79 Å². The van der Waals surface area contributed by atoms with Crippen molar-refractivity contribution in [1.29, 1.82) is 0 Å². The fourth-order valence-corrected chi connectivity index (χ4v) is 3.01. The summed E-state index contributed by atoms with van der Waals surface area (Å²) in [7, 11) is 0. The molecule has 1 aromatic carbocycles. The Hall–Kier alpha value is -1.72. The molecule has 0 saturated heterocycles. The Bertz CT molecular complexity index is 597. The lowest BCUT2D eigenvalue weighted by atomic mass is 10.1. The van der Waals surface area contributed by atoms with Crippen LogP contribution in [-0.4, -0.2) is 28.4 Å². The van der Waals surface area contributed by atoms with Crippen LogP contribution in [0.2, 0.25) is 0 Å². The zero-order valence-electron chi connectivity index (χ0n) is 13.2. The van der Waals surface area contributed by atoms with Gasteiger partial charge in [-0.25, -0.2) is 4.98 Å². The third-order valence-electron chi connectivity index (χ3n) is 3.71. The minimum atomic E-state index is -0.00211. The molecule has 22 heavy (non-hydrogen) atoms. The lowest BCUT2D eigenvalue weighted by Crippen LogP contribution is -2.38. The van der Waals surface area contributed by atoms with E-state index in [2.05, 4.69) is 18.8 Å². The topological polar surface area (TPSA) is 59.2 Å². The number of aromatic nitrogens is 1. The summed E-state index contributed by atoms with van der Waals surface area (Å²) in [6.45, 7) is 5.34. The van der Waals surface area contributed by atoms with E-state index >= 15 is 0 Å². The zero-order valence-corrected chi connectivity index (χ0v) is 14.0. The molecule has 0 aliphatic heterocycles. The van der Waals surface area contributed by atoms with E-state index in [1.54, 1.807) is 0 Å². The Balaban J connectivity index is 2.18. The monoisotopic (exact) mass is 317 g/mol. The number of amides is 1. The Morgan fingerprint density at radius 1 is 1.36 bits per heavy atom. The molecule has 0 spiro atoms. The van der Waals surface area contributed by atoms with E-state index < -0.39 is 0 Å². The molecule has 1 amide bonds. The quantitative estimate of drug-likeness (QED) is 0.853. The molecule has 2 N–H and O–H groups in total. The van der Waals surface area contributed by atoms with Gasteiger partial charge < -0.3 is 10.6 Å². The molecule has 2 aromatic rings. The van der Waals surface area contributed by atoms with Crippen molar-refractivity contribution >= 4 is 17.2 Å². The van der Waals surface area contributed by atoms with Crippen molar-refractivity contribution in [3.05, 3.63) is 52.0 Å². The maximum absolute atomic E-state index is 12.8. The Morgan fingerprint density at radius 2 is 2.09 bits per heavy atom. The van der Waals surface area contributed by atoms with Crippen molar-refractivity contribution in [2.24, 2.45) is 5.73 Å². The molecular formula is C17H23N3OS. The molecule has 0 saturated carbocycles. The Kier molecular flexibility index (Phi) is 6.10. The van der Waals surface area contributed by atoms with Crippen LogP contribution in [0, 0.1) is 0 Å². The van der Waals surface area contributed by atoms with Crippen molar-refractivity contribution in [3.63, 3.8) is 0 Å². The van der Waals surface area contributed by atoms with Gasteiger partial charge in [-0.3, -0.25) is 4.79 Å². The first kappa shape index (κ1) is 16.6. The molecule has 1 heterocycles. The summed E-state index contributed by atoms with van der Waals surface area (Å²) in [6, 6.07) is 10.2. The van der Waals surface area contributed by atoms with Gasteiger partial charge in [-0.2, -0.15) is 0 Å². The molecule has 1 atom stereocenters. The summed E-state index contributed by atoms with van der Waals surface area (Å²) in [4.78, 5) is 19.1. The van der Waals surface area contributed by atoms with E-state index in [0.29, 0.717) is 18.8 Å². The van der Waals surface area contributed by atoms with Crippen molar-refractivity contribution in [2.75, 3.05) is 6.54 Å². The lowest BCUT2D eigenvalue weighted by Gasteiger charge is -2.28. The van der Waals surface area contributed by atoms with E-state index in [9.17, 15) is 4.79 Å². The number of hydrogen-bond acceptors (Lipinski definition) is 4. The summed E-state index contributed by atoms with van der Waals surface area (Å²) in [5, 5.41) is 2.77. The summed E-state index contributed by atoms with van der Waals surface area (Å²) in [5.74, 6) is -0.00211. The summed E-state index contributed by atoms with van der Waals surface area (Å²) >= 11 is 1.51. The largest absolute Gasteiger partial charge is 0.330 e. The summed E-state index contributed by atoms with van der Waals surface area (Å²) in [6.07, 6.45) is 1.64. The maximum atomic E-state index is 12.8. The van der Waals surface area contributed by atoms with Gasteiger partial charge in [0.25, 0.3) is 5.91 Å². The number of nitrogens with zero attached hydrogens (tertiary/aromatic N) is 2. The molecule has 0 fully saturated rings. The van der Waals surface area contributed by atoms with Gasteiger partial charge in [-0.05, 0) is 25.5 Å². The highest BCUT2D eigenvalue weighted by Gasteiger charge is 2.22. The van der Waals surface area contributed by atoms with Crippen LogP contribution >= 0.6 is 11.3 Å². The second kappa shape index (κ2) is 8.06. The molecule has 118 valence electrons. The predicted octanol–water partition coefficient (Wildman–Crippen LogP) is 3.09. The van der Waals surface area contributed by atoms with Crippen LogP contribution < -0.4 is 5.73 Å². The second-order valence-electron chi connectivity index (χ2n) is 5.34. The molecule has 0 aliphatic carbocycles. The highest BCUT2D eigenvalue weighted by atomic mass is 32.1. The van der Waals surface area contributed by atoms with Crippen LogP contribution in [-0.2, 0) is 13.0 Å². The number of benzene rings is 1. The van der Waals surface area contributed by atoms with Gasteiger partial charge in [0.05, 0.1) is 5.01 Å². The van der Waals surface area contributed by atoms with Gasteiger partial charge in [0.15, 0.2) is 0 Å². The minimum Gasteiger partial charge on any atom is -0.330 e. The van der Waals surface area contributed by atoms with Gasteiger partial charge in [0.2, 0.25) is 0 Å². The summed E-state index contributed by atoms with van der Waals surface area (Å²) in [5.41, 5.74) is 7.21. The van der Waals surface area contributed by atoms with E-state index in [1.165, 1.54) is 11.3 Å². The number of thiazole rings is 1. The number of rotatable bonds is 7. The molecular weight excluding hydrogens is 294 g/mol. The molecule has 2 rings (SSSR count). The normalized spacial score (nSPS) is 12.1. The first-order chi connectivity index (χ1) is 10.7. The van der Waals surface area contributed by atoms with Crippen molar-refractivity contribution in [1.82, 2.24) is 9.88 Å². The smallest absolute Gasteiger partial charge is 0.273 e. The molecule has 1 aromatic heterocycles. The average molecular weight is 317 g/mol. The lowest BCUT2D eigenvalue weighted by molar-refractivity contribution is 0.0666. The third kappa shape index (κ3) is 4.15. The van der Waals surface area contributed by atoms with E-state index in [1.807, 2.05) is 40.6 Å². The second-order valence-corrected chi connectivity index (χ2v) is 6.28. The van der Waals surface area contributed by atoms with Crippen molar-refractivity contribution in [2.45, 2.75) is 39.3 Å². The van der Waals surface area contributed by atoms with E-state index in [-0.39, 0.29) is 11.9 Å². The molecule has 4 nitrogen and oxygen atoms in total. The zero-order chi connectivity index (χ0) is 15.9. The van der Waals surface area contributed by atoms with Crippen LogP contribution in [0.3, 0.4) is 0 Å². The minimum absolute atomic E-state index is 0.00211. The van der Waals surface area contributed by atoms with Gasteiger partial charge in [0, 0.05) is 24.4 Å². The van der Waals surface area contributed by atoms with Crippen LogP contribution in [0.25, 0.3) is 0 Å². The van der Waals surface area contributed by atoms with Crippen molar-refractivity contribution in [3.8, 4) is 0 Å². The van der Waals surface area contributed by atoms with Gasteiger partial charge in [-0.1, -0.05) is 37.3 Å². The number of carbonyl (C=O) groups excluding carboxylic acids is 1. The molecule has 0 bridgehead atoms. The van der Waals surface area contributed by atoms with Gasteiger partial charge in [0.1, 0.15) is 5.69 Å². The molecule has 1 unspecified atom stereocenters. The number of carbonyl (C=O) groups is 1. The maximum Gasteiger partial charge on any atom is 0.273 e. The third-order valence-corrected chi connectivity index (χ3v) is 4.62. The molecule has 0 radical (unpaired) electrons. The highest BCUT2D eigenvalue weighted by Crippen LogP contribution is 2.17. The Labute approximate surface area is 136 Å². The van der Waals surface area contributed by atoms with Crippen LogP contribution in [0.1, 0.15) is 41.3 Å². The number of hydrogen-bond donors (Lipinski definition) is 1. The first-order valence-corrected chi connectivity index (χ1v) is 8.53. The summed E-state index contributed by atoms with van der Waals surface area (Å²) < 4.78 is 0. The SMILES string of the molecule is CCC(C)N(Cc1ccccc1)C(=O)c1csc(CCN)n1. The fourth-order valence-electron chi connectivity index (χ4n) is 2.22. The van der Waals surface area contributed by atoms with Crippen LogP contribution in [0.5, 0.6) is 0 Å².